The lowest BCUT2D eigenvalue weighted by atomic mass is 9.97. The first kappa shape index (κ1) is 33.6. The number of carbonyl (C=O) groups excluding carboxylic acids is 1. The van der Waals surface area contributed by atoms with Crippen LogP contribution in [-0.4, -0.2) is 45.4 Å². The molecule has 6 nitrogen and oxygen atoms in total. The van der Waals surface area contributed by atoms with E-state index in [2.05, 4.69) is 17.6 Å². The molecule has 0 saturated heterocycles. The molecule has 0 aromatic heterocycles. The molecule has 0 bridgehead atoms. The maximum Gasteiger partial charge on any atom is 0.162 e. The summed E-state index contributed by atoms with van der Waals surface area (Å²) in [5, 5.41) is 36.9. The van der Waals surface area contributed by atoms with Crippen LogP contribution in [-0.2, 0) is 0 Å². The second-order valence-corrected chi connectivity index (χ2v) is 10.3. The zero-order valence-electron chi connectivity index (χ0n) is 24.5. The Balaban J connectivity index is 0.000000380. The van der Waals surface area contributed by atoms with E-state index in [1.165, 1.54) is 0 Å². The van der Waals surface area contributed by atoms with Crippen LogP contribution in [0.25, 0.3) is 0 Å². The van der Waals surface area contributed by atoms with Gasteiger partial charge in [0.15, 0.2) is 5.78 Å². The van der Waals surface area contributed by atoms with E-state index in [-0.39, 0.29) is 5.78 Å². The molecule has 38 heavy (non-hydrogen) atoms. The monoisotopic (exact) mass is 528 g/mol. The summed E-state index contributed by atoms with van der Waals surface area (Å²) in [6.07, 6.45) is 5.67. The van der Waals surface area contributed by atoms with E-state index in [0.29, 0.717) is 32.4 Å². The van der Waals surface area contributed by atoms with E-state index in [1.54, 1.807) is 0 Å². The van der Waals surface area contributed by atoms with Gasteiger partial charge in [0.1, 0.15) is 0 Å². The molecular weight excluding hydrogens is 476 g/mol. The first-order valence-corrected chi connectivity index (χ1v) is 14.4. The molecule has 5 N–H and O–H groups in total. The van der Waals surface area contributed by atoms with Crippen molar-refractivity contribution in [3.63, 3.8) is 0 Å². The number of aliphatic hydroxyl groups is 3. The molecule has 1 atom stereocenters. The van der Waals surface area contributed by atoms with Crippen LogP contribution in [0.3, 0.4) is 0 Å². The van der Waals surface area contributed by atoms with Crippen molar-refractivity contribution >= 4 is 17.2 Å². The summed E-state index contributed by atoms with van der Waals surface area (Å²) >= 11 is 0. The number of carbonyl (C=O) groups is 1. The van der Waals surface area contributed by atoms with Crippen LogP contribution in [0.5, 0.6) is 0 Å². The minimum Gasteiger partial charge on any atom is -0.388 e. The molecule has 214 valence electrons. The Hall–Kier alpha value is -2.41. The standard InChI is InChI=1S/C16H27NO2.C16H25NO2/c2*1-4-8-15(18)13-9-7-10-14(11-13)17-12-16(19,5-2)6-3/h7,9-11,15,17-19H,4-6,8,12H2,1-3H3;7,9-11,17,19H,4-6,8,12H2,1-3H3. The molecule has 0 radical (unpaired) electrons. The van der Waals surface area contributed by atoms with Crippen molar-refractivity contribution in [3.8, 4) is 0 Å². The Morgan fingerprint density at radius 2 is 1.26 bits per heavy atom. The number of anilines is 2. The van der Waals surface area contributed by atoms with Crippen LogP contribution in [0.2, 0.25) is 0 Å². The summed E-state index contributed by atoms with van der Waals surface area (Å²) in [7, 11) is 0. The third-order valence-corrected chi connectivity index (χ3v) is 7.37. The van der Waals surface area contributed by atoms with Gasteiger partial charge in [-0.3, -0.25) is 4.79 Å². The maximum atomic E-state index is 11.8. The number of benzene rings is 2. The zero-order valence-corrected chi connectivity index (χ0v) is 24.5. The lowest BCUT2D eigenvalue weighted by Crippen LogP contribution is -2.35. The minimum absolute atomic E-state index is 0.174. The Morgan fingerprint density at radius 3 is 1.74 bits per heavy atom. The molecule has 0 saturated carbocycles. The van der Waals surface area contributed by atoms with Crippen LogP contribution >= 0.6 is 0 Å². The molecule has 0 aliphatic rings. The highest BCUT2D eigenvalue weighted by Gasteiger charge is 2.22. The third kappa shape index (κ3) is 11.5. The number of nitrogens with one attached hydrogen (secondary N) is 2. The number of rotatable bonds is 16. The van der Waals surface area contributed by atoms with Gasteiger partial charge < -0.3 is 26.0 Å². The predicted octanol–water partition coefficient (Wildman–Crippen LogP) is 7.12. The zero-order chi connectivity index (χ0) is 28.6. The molecule has 1 unspecified atom stereocenters. The molecule has 0 fully saturated rings. The average molecular weight is 529 g/mol. The number of ketones is 1. The second kappa shape index (κ2) is 17.2. The van der Waals surface area contributed by atoms with Crippen LogP contribution in [0.4, 0.5) is 11.4 Å². The summed E-state index contributed by atoms with van der Waals surface area (Å²) < 4.78 is 0. The van der Waals surface area contributed by atoms with Crippen molar-refractivity contribution in [2.45, 2.75) is 110 Å². The number of hydrogen-bond acceptors (Lipinski definition) is 6. The van der Waals surface area contributed by atoms with Gasteiger partial charge in [0, 0.05) is 36.4 Å². The first-order valence-electron chi connectivity index (χ1n) is 14.4. The number of Topliss-reactive ketones (excluding diaryl/α,β-unsaturated/α-hetero) is 1. The summed E-state index contributed by atoms with van der Waals surface area (Å²) in [4.78, 5) is 11.8. The highest BCUT2D eigenvalue weighted by Crippen LogP contribution is 2.23. The van der Waals surface area contributed by atoms with Crippen LogP contribution in [0, 0.1) is 0 Å². The van der Waals surface area contributed by atoms with E-state index in [0.717, 1.165) is 54.6 Å². The van der Waals surface area contributed by atoms with Crippen molar-refractivity contribution in [2.24, 2.45) is 0 Å². The van der Waals surface area contributed by atoms with Gasteiger partial charge in [-0.2, -0.15) is 0 Å². The van der Waals surface area contributed by atoms with Gasteiger partial charge in [-0.15, -0.1) is 0 Å². The molecule has 6 heteroatoms. The summed E-state index contributed by atoms with van der Waals surface area (Å²) in [6.45, 7) is 13.0. The molecule has 0 heterocycles. The lowest BCUT2D eigenvalue weighted by molar-refractivity contribution is 0.0453. The Morgan fingerprint density at radius 1 is 0.763 bits per heavy atom. The van der Waals surface area contributed by atoms with Crippen molar-refractivity contribution < 1.29 is 20.1 Å². The normalized spacial score (nSPS) is 12.3. The highest BCUT2D eigenvalue weighted by molar-refractivity contribution is 5.96. The van der Waals surface area contributed by atoms with Gasteiger partial charge in [0.05, 0.1) is 17.3 Å². The minimum atomic E-state index is -0.677. The molecule has 0 spiro atoms. The van der Waals surface area contributed by atoms with E-state index in [4.69, 9.17) is 0 Å². The summed E-state index contributed by atoms with van der Waals surface area (Å²) in [5.41, 5.74) is 2.18. The van der Waals surface area contributed by atoms with E-state index >= 15 is 0 Å². The fraction of sp³-hybridized carbons (Fsp3) is 0.594. The molecule has 0 aliphatic heterocycles. The van der Waals surface area contributed by atoms with Gasteiger partial charge in [0.2, 0.25) is 0 Å². The van der Waals surface area contributed by atoms with Crippen LogP contribution in [0.1, 0.15) is 115 Å². The number of hydrogen-bond donors (Lipinski definition) is 5. The second-order valence-electron chi connectivity index (χ2n) is 10.3. The molecule has 2 aromatic carbocycles. The van der Waals surface area contributed by atoms with Gasteiger partial charge in [-0.1, -0.05) is 72.2 Å². The lowest BCUT2D eigenvalue weighted by Gasteiger charge is -2.26. The fourth-order valence-corrected chi connectivity index (χ4v) is 4.00. The van der Waals surface area contributed by atoms with E-state index < -0.39 is 17.3 Å². The van der Waals surface area contributed by atoms with Gasteiger partial charge >= 0.3 is 0 Å². The fourth-order valence-electron chi connectivity index (χ4n) is 4.00. The predicted molar refractivity (Wildman–Crippen MR) is 160 cm³/mol. The third-order valence-electron chi connectivity index (χ3n) is 7.37. The van der Waals surface area contributed by atoms with Crippen LogP contribution in [0.15, 0.2) is 48.5 Å². The van der Waals surface area contributed by atoms with Gasteiger partial charge in [-0.25, -0.2) is 0 Å². The van der Waals surface area contributed by atoms with Crippen molar-refractivity contribution in [2.75, 3.05) is 23.7 Å². The summed E-state index contributed by atoms with van der Waals surface area (Å²) in [6, 6.07) is 15.3. The summed E-state index contributed by atoms with van der Waals surface area (Å²) in [5.74, 6) is 0.174. The molecule has 0 amide bonds. The van der Waals surface area contributed by atoms with Gasteiger partial charge in [-0.05, 0) is 68.4 Å². The number of aliphatic hydroxyl groups excluding tert-OH is 1. The largest absolute Gasteiger partial charge is 0.388 e. The Bertz CT molecular complexity index is 939. The van der Waals surface area contributed by atoms with Gasteiger partial charge in [0.25, 0.3) is 0 Å². The topological polar surface area (TPSA) is 102 Å². The Kier molecular flexibility index (Phi) is 15.2. The molecule has 2 rings (SSSR count). The highest BCUT2D eigenvalue weighted by atomic mass is 16.3. The average Bonchev–Trinajstić information content (AvgIpc) is 2.95. The quantitative estimate of drug-likeness (QED) is 0.149. The van der Waals surface area contributed by atoms with E-state index in [1.807, 2.05) is 83.1 Å². The van der Waals surface area contributed by atoms with Crippen molar-refractivity contribution in [1.82, 2.24) is 0 Å². The first-order chi connectivity index (χ1) is 18.1. The Labute approximate surface area is 230 Å². The SMILES string of the molecule is CCCC(=O)c1cccc(NCC(O)(CC)CC)c1.CCCC(O)c1cccc(NCC(O)(CC)CC)c1. The van der Waals surface area contributed by atoms with Crippen molar-refractivity contribution in [3.05, 3.63) is 59.7 Å². The smallest absolute Gasteiger partial charge is 0.162 e. The van der Waals surface area contributed by atoms with Crippen LogP contribution < -0.4 is 10.6 Å². The molecule has 2 aromatic rings. The molecule has 0 aliphatic carbocycles. The van der Waals surface area contributed by atoms with E-state index in [9.17, 15) is 20.1 Å². The maximum absolute atomic E-state index is 11.8. The van der Waals surface area contributed by atoms with Crippen molar-refractivity contribution in [1.29, 1.82) is 0 Å². The molecular formula is C32H52N2O4.